The fraction of sp³-hybridized carbons (Fsp3) is 0.500. The Labute approximate surface area is 118 Å². The molecule has 3 nitrogen and oxygen atoms in total. The summed E-state index contributed by atoms with van der Waals surface area (Å²) in [5.74, 6) is -1.95. The Hall–Kier alpha value is -1.79. The molecule has 0 heterocycles. The Morgan fingerprint density at radius 1 is 1.33 bits per heavy atom. The molecule has 1 aliphatic rings. The van der Waals surface area contributed by atoms with Gasteiger partial charge in [-0.3, -0.25) is 4.79 Å². The molecule has 0 aliphatic heterocycles. The lowest BCUT2D eigenvalue weighted by Gasteiger charge is -2.41. The van der Waals surface area contributed by atoms with Crippen LogP contribution in [0.5, 0.6) is 5.75 Å². The van der Waals surface area contributed by atoms with Crippen molar-refractivity contribution in [3.63, 3.8) is 0 Å². The van der Waals surface area contributed by atoms with Crippen molar-refractivity contribution in [2.75, 3.05) is 7.11 Å². The van der Waals surface area contributed by atoms with Crippen LogP contribution in [0.25, 0.3) is 0 Å². The predicted octanol–water partition coefficient (Wildman–Crippen LogP) is 3.71. The molecule has 0 unspecified atom stereocenters. The van der Waals surface area contributed by atoms with E-state index in [2.05, 4.69) is 4.74 Å². The number of rotatable bonds is 4. The largest absolute Gasteiger partial charge is 0.487 e. The minimum Gasteiger partial charge on any atom is -0.487 e. The first-order chi connectivity index (χ1) is 9.76. The van der Waals surface area contributed by atoms with Gasteiger partial charge in [0, 0.05) is 0 Å². The number of halogens is 4. The van der Waals surface area contributed by atoms with Gasteiger partial charge >= 0.3 is 12.1 Å². The van der Waals surface area contributed by atoms with E-state index >= 15 is 0 Å². The van der Waals surface area contributed by atoms with Gasteiger partial charge in [-0.25, -0.2) is 4.39 Å². The van der Waals surface area contributed by atoms with Crippen molar-refractivity contribution >= 4 is 5.97 Å². The van der Waals surface area contributed by atoms with Crippen molar-refractivity contribution in [3.8, 4) is 5.75 Å². The fourth-order valence-corrected chi connectivity index (χ4v) is 2.26. The van der Waals surface area contributed by atoms with Gasteiger partial charge in [0.25, 0.3) is 0 Å². The van der Waals surface area contributed by atoms with Crippen LogP contribution in [0.4, 0.5) is 17.6 Å². The zero-order chi connectivity index (χ0) is 15.7. The predicted molar refractivity (Wildman–Crippen MR) is 65.2 cm³/mol. The van der Waals surface area contributed by atoms with Gasteiger partial charge in [0.2, 0.25) is 0 Å². The number of esters is 1. The summed E-state index contributed by atoms with van der Waals surface area (Å²) in [6.07, 6.45) is -2.94. The number of hydrogen-bond acceptors (Lipinski definition) is 3. The smallest absolute Gasteiger partial charge is 0.419 e. The second-order valence-corrected chi connectivity index (χ2v) is 5.03. The van der Waals surface area contributed by atoms with Crippen LogP contribution in [0, 0.1) is 5.82 Å². The zero-order valence-corrected chi connectivity index (χ0v) is 11.3. The Bertz CT molecular complexity index is 536. The highest BCUT2D eigenvalue weighted by Crippen LogP contribution is 2.41. The summed E-state index contributed by atoms with van der Waals surface area (Å²) >= 11 is 0. The van der Waals surface area contributed by atoms with Crippen molar-refractivity contribution in [1.82, 2.24) is 0 Å². The molecule has 1 aliphatic carbocycles. The fourth-order valence-electron chi connectivity index (χ4n) is 2.26. The number of carbonyl (C=O) groups excluding carboxylic acids is 1. The molecule has 0 radical (unpaired) electrons. The van der Waals surface area contributed by atoms with Crippen LogP contribution in [0.3, 0.4) is 0 Å². The molecule has 2 rings (SSSR count). The molecular weight excluding hydrogens is 292 g/mol. The molecule has 116 valence electrons. The van der Waals surface area contributed by atoms with Gasteiger partial charge in [0.1, 0.15) is 17.2 Å². The third-order valence-electron chi connectivity index (χ3n) is 3.54. The maximum Gasteiger partial charge on any atom is 0.419 e. The summed E-state index contributed by atoms with van der Waals surface area (Å²) in [6.45, 7) is 0. The Morgan fingerprint density at radius 3 is 2.48 bits per heavy atom. The second kappa shape index (κ2) is 5.54. The van der Waals surface area contributed by atoms with E-state index in [4.69, 9.17) is 4.74 Å². The van der Waals surface area contributed by atoms with E-state index < -0.39 is 29.1 Å². The molecule has 0 amide bonds. The topological polar surface area (TPSA) is 35.5 Å². The summed E-state index contributed by atoms with van der Waals surface area (Å²) in [5.41, 5.74) is -2.24. The van der Waals surface area contributed by atoms with Gasteiger partial charge < -0.3 is 9.47 Å². The van der Waals surface area contributed by atoms with Gasteiger partial charge in [0.05, 0.1) is 19.1 Å². The van der Waals surface area contributed by atoms with E-state index in [0.717, 1.165) is 12.5 Å². The van der Waals surface area contributed by atoms with E-state index in [9.17, 15) is 22.4 Å². The normalized spacial score (nSPS) is 17.0. The van der Waals surface area contributed by atoms with E-state index in [1.54, 1.807) is 0 Å². The number of benzene rings is 1. The van der Waals surface area contributed by atoms with Crippen LogP contribution in [0.2, 0.25) is 0 Å². The molecule has 21 heavy (non-hydrogen) atoms. The lowest BCUT2D eigenvalue weighted by Crippen LogP contribution is -2.45. The van der Waals surface area contributed by atoms with E-state index in [1.165, 1.54) is 7.11 Å². The Balaban J connectivity index is 2.21. The average molecular weight is 306 g/mol. The molecule has 1 saturated carbocycles. The van der Waals surface area contributed by atoms with Crippen LogP contribution < -0.4 is 4.74 Å². The highest BCUT2D eigenvalue weighted by molar-refractivity contribution is 5.70. The first-order valence-corrected chi connectivity index (χ1v) is 6.38. The van der Waals surface area contributed by atoms with Gasteiger partial charge in [0.15, 0.2) is 0 Å². The lowest BCUT2D eigenvalue weighted by atomic mass is 9.77. The van der Waals surface area contributed by atoms with Crippen molar-refractivity contribution < 1.29 is 31.8 Å². The number of hydrogen-bond donors (Lipinski definition) is 0. The SMILES string of the molecule is COC(=O)CC1(Oc2ccc(F)c(C(F)(F)F)c2)CCC1. The molecule has 0 atom stereocenters. The summed E-state index contributed by atoms with van der Waals surface area (Å²) in [4.78, 5) is 11.3. The van der Waals surface area contributed by atoms with Gasteiger partial charge in [-0.15, -0.1) is 0 Å². The third-order valence-corrected chi connectivity index (χ3v) is 3.54. The highest BCUT2D eigenvalue weighted by atomic mass is 19.4. The quantitative estimate of drug-likeness (QED) is 0.628. The Morgan fingerprint density at radius 2 is 2.00 bits per heavy atom. The van der Waals surface area contributed by atoms with Crippen LogP contribution in [-0.4, -0.2) is 18.7 Å². The third kappa shape index (κ3) is 3.46. The number of alkyl halides is 3. The molecule has 7 heteroatoms. The van der Waals surface area contributed by atoms with Crippen molar-refractivity contribution in [1.29, 1.82) is 0 Å². The maximum absolute atomic E-state index is 13.2. The van der Waals surface area contributed by atoms with Crippen molar-refractivity contribution in [2.45, 2.75) is 37.5 Å². The first kappa shape index (κ1) is 15.6. The summed E-state index contributed by atoms with van der Waals surface area (Å²) in [6, 6.07) is 2.46. The minimum atomic E-state index is -4.79. The zero-order valence-electron chi connectivity index (χ0n) is 11.3. The summed E-state index contributed by atoms with van der Waals surface area (Å²) in [7, 11) is 1.23. The standard InChI is InChI=1S/C14H14F4O3/c1-20-12(19)8-13(5-2-6-13)21-9-3-4-11(15)10(7-9)14(16,17)18/h3-4,7H,2,5-6,8H2,1H3. The van der Waals surface area contributed by atoms with Crippen molar-refractivity contribution in [2.24, 2.45) is 0 Å². The molecule has 0 saturated heterocycles. The number of ether oxygens (including phenoxy) is 2. The highest BCUT2D eigenvalue weighted by Gasteiger charge is 2.42. The minimum absolute atomic E-state index is 0.0395. The van der Waals surface area contributed by atoms with Crippen LogP contribution in [-0.2, 0) is 15.7 Å². The molecule has 1 fully saturated rings. The van der Waals surface area contributed by atoms with E-state index in [1.807, 2.05) is 0 Å². The van der Waals surface area contributed by atoms with Crippen LogP contribution >= 0.6 is 0 Å². The van der Waals surface area contributed by atoms with Crippen molar-refractivity contribution in [3.05, 3.63) is 29.6 Å². The van der Waals surface area contributed by atoms with E-state index in [0.29, 0.717) is 25.0 Å². The van der Waals surface area contributed by atoms with Crippen LogP contribution in [0.1, 0.15) is 31.2 Å². The maximum atomic E-state index is 13.2. The van der Waals surface area contributed by atoms with Gasteiger partial charge in [-0.1, -0.05) is 0 Å². The molecular formula is C14H14F4O3. The Kier molecular flexibility index (Phi) is 4.11. The molecule has 0 bridgehead atoms. The lowest BCUT2D eigenvalue weighted by molar-refractivity contribution is -0.148. The average Bonchev–Trinajstić information content (AvgIpc) is 2.36. The van der Waals surface area contributed by atoms with Gasteiger partial charge in [-0.2, -0.15) is 13.2 Å². The van der Waals surface area contributed by atoms with Crippen LogP contribution in [0.15, 0.2) is 18.2 Å². The summed E-state index contributed by atoms with van der Waals surface area (Å²) < 4.78 is 61.3. The molecule has 1 aromatic rings. The number of methoxy groups -OCH3 is 1. The number of carbonyl (C=O) groups is 1. The van der Waals surface area contributed by atoms with E-state index in [-0.39, 0.29) is 12.2 Å². The molecule has 1 aromatic carbocycles. The molecule has 0 aromatic heterocycles. The first-order valence-electron chi connectivity index (χ1n) is 6.38. The molecule has 0 spiro atoms. The molecule has 0 N–H and O–H groups in total. The monoisotopic (exact) mass is 306 g/mol. The second-order valence-electron chi connectivity index (χ2n) is 5.03. The summed E-state index contributed by atoms with van der Waals surface area (Å²) in [5, 5.41) is 0. The van der Waals surface area contributed by atoms with Gasteiger partial charge in [-0.05, 0) is 37.5 Å².